The summed E-state index contributed by atoms with van der Waals surface area (Å²) in [6.45, 7) is 0.0964. The van der Waals surface area contributed by atoms with E-state index in [0.29, 0.717) is 11.4 Å². The molecule has 1 amide bonds. The molecule has 6 nitrogen and oxygen atoms in total. The van der Waals surface area contributed by atoms with E-state index in [2.05, 4.69) is 9.71 Å². The van der Waals surface area contributed by atoms with Crippen molar-refractivity contribution in [2.24, 2.45) is 4.40 Å². The van der Waals surface area contributed by atoms with Crippen molar-refractivity contribution in [3.8, 4) is 0 Å². The van der Waals surface area contributed by atoms with Crippen LogP contribution in [0.5, 0.6) is 0 Å². The SMILES string of the molecule is CN(CC(=O)NC1CCCCCCC1)C1=NS(=O)(=O)c2ccccc21. The third-order valence-electron chi connectivity index (χ3n) is 4.83. The highest BCUT2D eigenvalue weighted by Crippen LogP contribution is 2.26. The van der Waals surface area contributed by atoms with Crippen molar-refractivity contribution in [3.63, 3.8) is 0 Å². The number of carbonyl (C=O) groups excluding carboxylic acids is 1. The fourth-order valence-corrected chi connectivity index (χ4v) is 4.78. The Balaban J connectivity index is 1.64. The molecule has 0 bridgehead atoms. The molecule has 1 aliphatic heterocycles. The normalized spacial score (nSPS) is 20.1. The molecule has 25 heavy (non-hydrogen) atoms. The molecule has 3 rings (SSSR count). The first-order valence-electron chi connectivity index (χ1n) is 8.92. The Morgan fingerprint density at radius 2 is 1.80 bits per heavy atom. The third kappa shape index (κ3) is 4.21. The predicted molar refractivity (Wildman–Crippen MR) is 97.0 cm³/mol. The zero-order chi connectivity index (χ0) is 17.9. The van der Waals surface area contributed by atoms with Gasteiger partial charge in [-0.25, -0.2) is 0 Å². The maximum Gasteiger partial charge on any atom is 0.285 e. The molecule has 0 unspecified atom stereocenters. The minimum atomic E-state index is -3.66. The molecule has 1 heterocycles. The van der Waals surface area contributed by atoms with Crippen LogP contribution >= 0.6 is 0 Å². The minimum absolute atomic E-state index is 0.0856. The number of rotatable bonds is 3. The van der Waals surface area contributed by atoms with Crippen LogP contribution in [0.1, 0.15) is 50.5 Å². The van der Waals surface area contributed by atoms with Gasteiger partial charge in [0.15, 0.2) is 5.84 Å². The van der Waals surface area contributed by atoms with E-state index in [-0.39, 0.29) is 23.4 Å². The molecule has 1 aromatic carbocycles. The lowest BCUT2D eigenvalue weighted by atomic mass is 9.97. The van der Waals surface area contributed by atoms with Gasteiger partial charge in [-0.1, -0.05) is 44.2 Å². The number of hydrogen-bond acceptors (Lipinski definition) is 4. The second-order valence-electron chi connectivity index (χ2n) is 6.85. The molecule has 1 saturated carbocycles. The van der Waals surface area contributed by atoms with Gasteiger partial charge >= 0.3 is 0 Å². The fraction of sp³-hybridized carbons (Fsp3) is 0.556. The van der Waals surface area contributed by atoms with Gasteiger partial charge < -0.3 is 10.2 Å². The maximum atomic E-state index is 12.4. The van der Waals surface area contributed by atoms with Gasteiger partial charge in [0, 0.05) is 18.7 Å². The lowest BCUT2D eigenvalue weighted by Gasteiger charge is -2.23. The zero-order valence-electron chi connectivity index (χ0n) is 14.6. The molecule has 0 saturated heterocycles. The number of likely N-dealkylation sites (N-methyl/N-ethyl adjacent to an activating group) is 1. The number of hydrogen-bond donors (Lipinski definition) is 1. The van der Waals surface area contributed by atoms with Crippen LogP contribution in [0.3, 0.4) is 0 Å². The van der Waals surface area contributed by atoms with Crippen LogP contribution in [0.25, 0.3) is 0 Å². The van der Waals surface area contributed by atoms with E-state index in [4.69, 9.17) is 0 Å². The van der Waals surface area contributed by atoms with Gasteiger partial charge in [-0.05, 0) is 25.0 Å². The van der Waals surface area contributed by atoms with E-state index in [1.54, 1.807) is 36.2 Å². The van der Waals surface area contributed by atoms with Crippen LogP contribution in [0.15, 0.2) is 33.6 Å². The average molecular weight is 363 g/mol. The van der Waals surface area contributed by atoms with Crippen molar-refractivity contribution in [1.82, 2.24) is 10.2 Å². The second kappa shape index (κ2) is 7.56. The summed E-state index contributed by atoms with van der Waals surface area (Å²) in [4.78, 5) is 14.2. The Labute approximate surface area is 149 Å². The van der Waals surface area contributed by atoms with Crippen LogP contribution in [-0.2, 0) is 14.8 Å². The standard InChI is InChI=1S/C18H25N3O3S/c1-21(13-17(22)19-14-9-5-3-2-4-6-10-14)18-15-11-7-8-12-16(15)25(23,24)20-18/h7-8,11-12,14H,2-6,9-10,13H2,1H3,(H,19,22). The number of carbonyl (C=O) groups is 1. The third-order valence-corrected chi connectivity index (χ3v) is 6.15. The molecular formula is C18H25N3O3S. The summed E-state index contributed by atoms with van der Waals surface area (Å²) >= 11 is 0. The first-order chi connectivity index (χ1) is 12.0. The van der Waals surface area contributed by atoms with Gasteiger partial charge in [0.1, 0.15) is 4.90 Å². The van der Waals surface area contributed by atoms with Gasteiger partial charge in [0.05, 0.1) is 6.54 Å². The quantitative estimate of drug-likeness (QED) is 0.894. The van der Waals surface area contributed by atoms with Gasteiger partial charge in [0.25, 0.3) is 10.0 Å². The Bertz CT molecular complexity index is 766. The van der Waals surface area contributed by atoms with Gasteiger partial charge in [-0.3, -0.25) is 4.79 Å². The van der Waals surface area contributed by atoms with E-state index in [9.17, 15) is 13.2 Å². The lowest BCUT2D eigenvalue weighted by molar-refractivity contribution is -0.122. The molecule has 7 heteroatoms. The summed E-state index contributed by atoms with van der Waals surface area (Å²) in [5.41, 5.74) is 0.559. The number of amides is 1. The molecule has 2 aliphatic rings. The number of fused-ring (bicyclic) bond motifs is 1. The highest BCUT2D eigenvalue weighted by molar-refractivity contribution is 7.90. The lowest BCUT2D eigenvalue weighted by Crippen LogP contribution is -2.43. The molecule has 1 fully saturated rings. The molecule has 0 aromatic heterocycles. The first-order valence-corrected chi connectivity index (χ1v) is 10.4. The number of benzene rings is 1. The first kappa shape index (κ1) is 17.9. The van der Waals surface area contributed by atoms with Crippen molar-refractivity contribution in [3.05, 3.63) is 29.8 Å². The summed E-state index contributed by atoms with van der Waals surface area (Å²) in [6.07, 6.45) is 8.10. The number of nitrogens with one attached hydrogen (secondary N) is 1. The van der Waals surface area contributed by atoms with E-state index in [1.165, 1.54) is 19.3 Å². The fourth-order valence-electron chi connectivity index (χ4n) is 3.53. The molecule has 136 valence electrons. The summed E-state index contributed by atoms with van der Waals surface area (Å²) in [5, 5.41) is 3.10. The van der Waals surface area contributed by atoms with Crippen molar-refractivity contribution in [1.29, 1.82) is 0 Å². The summed E-state index contributed by atoms with van der Waals surface area (Å²) in [6, 6.07) is 6.95. The maximum absolute atomic E-state index is 12.4. The van der Waals surface area contributed by atoms with Crippen LogP contribution in [-0.4, -0.2) is 44.7 Å². The van der Waals surface area contributed by atoms with Crippen molar-refractivity contribution in [2.45, 2.75) is 55.9 Å². The van der Waals surface area contributed by atoms with Crippen LogP contribution in [0, 0.1) is 0 Å². The van der Waals surface area contributed by atoms with E-state index in [1.807, 2.05) is 0 Å². The largest absolute Gasteiger partial charge is 0.352 e. The number of nitrogens with zero attached hydrogens (tertiary/aromatic N) is 2. The zero-order valence-corrected chi connectivity index (χ0v) is 15.4. The second-order valence-corrected chi connectivity index (χ2v) is 8.42. The highest BCUT2D eigenvalue weighted by Gasteiger charge is 2.31. The summed E-state index contributed by atoms with van der Waals surface area (Å²) in [5.74, 6) is 0.251. The van der Waals surface area contributed by atoms with E-state index < -0.39 is 10.0 Å². The molecular weight excluding hydrogens is 338 g/mol. The highest BCUT2D eigenvalue weighted by atomic mass is 32.2. The molecule has 0 radical (unpaired) electrons. The molecule has 0 spiro atoms. The van der Waals surface area contributed by atoms with Crippen LogP contribution < -0.4 is 5.32 Å². The van der Waals surface area contributed by atoms with E-state index >= 15 is 0 Å². The molecule has 0 atom stereocenters. The van der Waals surface area contributed by atoms with E-state index in [0.717, 1.165) is 25.7 Å². The van der Waals surface area contributed by atoms with Crippen molar-refractivity contribution in [2.75, 3.05) is 13.6 Å². The Hall–Kier alpha value is -1.89. The monoisotopic (exact) mass is 363 g/mol. The van der Waals surface area contributed by atoms with Crippen LogP contribution in [0.4, 0.5) is 0 Å². The Morgan fingerprint density at radius 3 is 2.52 bits per heavy atom. The van der Waals surface area contributed by atoms with Gasteiger partial charge in [0.2, 0.25) is 5.91 Å². The molecule has 1 N–H and O–H groups in total. The van der Waals surface area contributed by atoms with Crippen molar-refractivity contribution >= 4 is 21.8 Å². The predicted octanol–water partition coefficient (Wildman–Crippen LogP) is 2.30. The minimum Gasteiger partial charge on any atom is -0.352 e. The van der Waals surface area contributed by atoms with Crippen molar-refractivity contribution < 1.29 is 13.2 Å². The Kier molecular flexibility index (Phi) is 5.42. The molecule has 1 aliphatic carbocycles. The van der Waals surface area contributed by atoms with Crippen LogP contribution in [0.2, 0.25) is 0 Å². The smallest absolute Gasteiger partial charge is 0.285 e. The number of sulfonamides is 1. The summed E-state index contributed by atoms with van der Waals surface area (Å²) in [7, 11) is -1.95. The topological polar surface area (TPSA) is 78.8 Å². The van der Waals surface area contributed by atoms with Gasteiger partial charge in [-0.2, -0.15) is 8.42 Å². The molecule has 1 aromatic rings. The average Bonchev–Trinajstić information content (AvgIpc) is 2.82. The number of amidine groups is 1. The summed E-state index contributed by atoms with van der Waals surface area (Å²) < 4.78 is 28.1. The Morgan fingerprint density at radius 1 is 1.16 bits per heavy atom. The van der Waals surface area contributed by atoms with Gasteiger partial charge in [-0.15, -0.1) is 4.40 Å².